The van der Waals surface area contributed by atoms with Crippen molar-refractivity contribution < 1.29 is 14.3 Å². The van der Waals surface area contributed by atoms with Gasteiger partial charge >= 0.3 is 0 Å². The second-order valence-electron chi connectivity index (χ2n) is 6.37. The highest BCUT2D eigenvalue weighted by atomic mass is 32.2. The quantitative estimate of drug-likeness (QED) is 0.407. The number of carbonyl (C=O) groups excluding carboxylic acids is 2. The predicted octanol–water partition coefficient (Wildman–Crippen LogP) is 4.31. The molecule has 1 saturated heterocycles. The zero-order valence-electron chi connectivity index (χ0n) is 15.4. The Kier molecular flexibility index (Phi) is 6.71. The maximum atomic E-state index is 12.3. The SMILES string of the molecule is CSc1ccc(/C=C/C(=O)c2ccc(OCC(=O)N3CCCC3)cc2)cc1. The molecule has 0 aromatic heterocycles. The van der Waals surface area contributed by atoms with Gasteiger partial charge in [-0.3, -0.25) is 9.59 Å². The second kappa shape index (κ2) is 9.42. The molecule has 0 unspecified atom stereocenters. The van der Waals surface area contributed by atoms with E-state index in [9.17, 15) is 9.59 Å². The van der Waals surface area contributed by atoms with Crippen molar-refractivity contribution in [2.24, 2.45) is 0 Å². The van der Waals surface area contributed by atoms with Crippen molar-refractivity contribution in [2.45, 2.75) is 17.7 Å². The molecule has 27 heavy (non-hydrogen) atoms. The summed E-state index contributed by atoms with van der Waals surface area (Å²) in [6, 6.07) is 14.9. The van der Waals surface area contributed by atoms with Gasteiger partial charge < -0.3 is 9.64 Å². The molecule has 2 aromatic carbocycles. The summed E-state index contributed by atoms with van der Waals surface area (Å²) in [7, 11) is 0. The first kappa shape index (κ1) is 19.2. The van der Waals surface area contributed by atoms with Crippen molar-refractivity contribution in [3.63, 3.8) is 0 Å². The molecular formula is C22H23NO3S. The topological polar surface area (TPSA) is 46.6 Å². The fraction of sp³-hybridized carbons (Fsp3) is 0.273. The minimum atomic E-state index is -0.0661. The Morgan fingerprint density at radius 2 is 1.70 bits per heavy atom. The smallest absolute Gasteiger partial charge is 0.260 e. The number of carbonyl (C=O) groups is 2. The zero-order valence-corrected chi connectivity index (χ0v) is 16.2. The highest BCUT2D eigenvalue weighted by Gasteiger charge is 2.18. The van der Waals surface area contributed by atoms with E-state index < -0.39 is 0 Å². The number of likely N-dealkylation sites (tertiary alicyclic amines) is 1. The van der Waals surface area contributed by atoms with Gasteiger partial charge in [0.25, 0.3) is 5.91 Å². The number of hydrogen-bond donors (Lipinski definition) is 0. The molecule has 1 heterocycles. The average molecular weight is 381 g/mol. The fourth-order valence-electron chi connectivity index (χ4n) is 2.90. The van der Waals surface area contributed by atoms with E-state index in [4.69, 9.17) is 4.74 Å². The van der Waals surface area contributed by atoms with E-state index in [1.807, 2.05) is 41.5 Å². The summed E-state index contributed by atoms with van der Waals surface area (Å²) < 4.78 is 5.54. The number of allylic oxidation sites excluding steroid dienone is 1. The van der Waals surface area contributed by atoms with Crippen molar-refractivity contribution in [3.8, 4) is 5.75 Å². The van der Waals surface area contributed by atoms with Crippen molar-refractivity contribution in [1.29, 1.82) is 0 Å². The zero-order chi connectivity index (χ0) is 19.1. The van der Waals surface area contributed by atoms with Gasteiger partial charge in [-0.15, -0.1) is 11.8 Å². The lowest BCUT2D eigenvalue weighted by molar-refractivity contribution is -0.132. The fourth-order valence-corrected chi connectivity index (χ4v) is 3.31. The van der Waals surface area contributed by atoms with Crippen molar-refractivity contribution >= 4 is 29.5 Å². The Hall–Kier alpha value is -2.53. The third-order valence-corrected chi connectivity index (χ3v) is 5.25. The van der Waals surface area contributed by atoms with E-state index >= 15 is 0 Å². The molecule has 0 spiro atoms. The molecular weight excluding hydrogens is 358 g/mol. The summed E-state index contributed by atoms with van der Waals surface area (Å²) in [6.45, 7) is 1.68. The van der Waals surface area contributed by atoms with Crippen LogP contribution in [0.5, 0.6) is 5.75 Å². The van der Waals surface area contributed by atoms with Crippen LogP contribution in [0, 0.1) is 0 Å². The molecule has 2 aromatic rings. The minimum absolute atomic E-state index is 0.0167. The van der Waals surface area contributed by atoms with Gasteiger partial charge in [0.15, 0.2) is 12.4 Å². The minimum Gasteiger partial charge on any atom is -0.484 e. The average Bonchev–Trinajstić information content (AvgIpc) is 3.26. The van der Waals surface area contributed by atoms with Crippen LogP contribution in [0.4, 0.5) is 0 Å². The summed E-state index contributed by atoms with van der Waals surface area (Å²) in [4.78, 5) is 27.3. The summed E-state index contributed by atoms with van der Waals surface area (Å²) in [5.41, 5.74) is 1.58. The van der Waals surface area contributed by atoms with Crippen LogP contribution in [0.1, 0.15) is 28.8 Å². The lowest BCUT2D eigenvalue weighted by Crippen LogP contribution is -2.32. The summed E-state index contributed by atoms with van der Waals surface area (Å²) in [5, 5.41) is 0. The normalized spacial score (nSPS) is 13.9. The Labute approximate surface area is 164 Å². The third kappa shape index (κ3) is 5.47. The molecule has 5 heteroatoms. The summed E-state index contributed by atoms with van der Waals surface area (Å²) in [6.07, 6.45) is 7.55. The van der Waals surface area contributed by atoms with Gasteiger partial charge in [-0.1, -0.05) is 18.2 Å². The largest absolute Gasteiger partial charge is 0.484 e. The Morgan fingerprint density at radius 1 is 1.04 bits per heavy atom. The number of nitrogens with zero attached hydrogens (tertiary/aromatic N) is 1. The van der Waals surface area contributed by atoms with E-state index in [1.54, 1.807) is 42.1 Å². The van der Waals surface area contributed by atoms with Gasteiger partial charge in [-0.05, 0) is 67.1 Å². The summed E-state index contributed by atoms with van der Waals surface area (Å²) in [5.74, 6) is 0.544. The van der Waals surface area contributed by atoms with Crippen LogP contribution in [0.3, 0.4) is 0 Å². The van der Waals surface area contributed by atoms with Gasteiger partial charge in [-0.25, -0.2) is 0 Å². The first-order chi connectivity index (χ1) is 13.2. The van der Waals surface area contributed by atoms with Crippen molar-refractivity contribution in [3.05, 3.63) is 65.7 Å². The molecule has 0 aliphatic carbocycles. The highest BCUT2D eigenvalue weighted by Crippen LogP contribution is 2.17. The van der Waals surface area contributed by atoms with Gasteiger partial charge in [0.2, 0.25) is 0 Å². The molecule has 0 atom stereocenters. The molecule has 0 N–H and O–H groups in total. The van der Waals surface area contributed by atoms with Crippen LogP contribution in [0.25, 0.3) is 6.08 Å². The number of hydrogen-bond acceptors (Lipinski definition) is 4. The third-order valence-electron chi connectivity index (χ3n) is 4.50. The number of rotatable bonds is 7. The molecule has 1 fully saturated rings. The molecule has 1 aliphatic rings. The van der Waals surface area contributed by atoms with Crippen LogP contribution < -0.4 is 4.74 Å². The number of ketones is 1. The highest BCUT2D eigenvalue weighted by molar-refractivity contribution is 7.98. The molecule has 140 valence electrons. The lowest BCUT2D eigenvalue weighted by atomic mass is 10.1. The molecule has 0 radical (unpaired) electrons. The van der Waals surface area contributed by atoms with Gasteiger partial charge in [0.1, 0.15) is 5.75 Å². The van der Waals surface area contributed by atoms with E-state index in [0.717, 1.165) is 31.5 Å². The molecule has 3 rings (SSSR count). The predicted molar refractivity (Wildman–Crippen MR) is 109 cm³/mol. The van der Waals surface area contributed by atoms with Crippen molar-refractivity contribution in [1.82, 2.24) is 4.90 Å². The Morgan fingerprint density at radius 3 is 2.33 bits per heavy atom. The molecule has 1 aliphatic heterocycles. The van der Waals surface area contributed by atoms with Gasteiger partial charge in [0, 0.05) is 23.5 Å². The first-order valence-electron chi connectivity index (χ1n) is 9.03. The van der Waals surface area contributed by atoms with E-state index in [-0.39, 0.29) is 18.3 Å². The number of ether oxygens (including phenoxy) is 1. The van der Waals surface area contributed by atoms with Crippen LogP contribution >= 0.6 is 11.8 Å². The van der Waals surface area contributed by atoms with Gasteiger partial charge in [-0.2, -0.15) is 0 Å². The second-order valence-corrected chi connectivity index (χ2v) is 7.25. The Balaban J connectivity index is 1.53. The maximum absolute atomic E-state index is 12.3. The molecule has 0 bridgehead atoms. The lowest BCUT2D eigenvalue weighted by Gasteiger charge is -2.15. The van der Waals surface area contributed by atoms with Crippen LogP contribution in [0.2, 0.25) is 0 Å². The molecule has 1 amide bonds. The molecule has 4 nitrogen and oxygen atoms in total. The Bertz CT molecular complexity index is 806. The first-order valence-corrected chi connectivity index (χ1v) is 10.3. The van der Waals surface area contributed by atoms with Crippen LogP contribution in [-0.4, -0.2) is 42.5 Å². The van der Waals surface area contributed by atoms with E-state index in [0.29, 0.717) is 11.3 Å². The standard InChI is InChI=1S/C22H23NO3S/c1-27-20-11-4-17(5-12-20)6-13-21(24)18-7-9-19(10-8-18)26-16-22(25)23-14-2-3-15-23/h4-13H,2-3,14-16H2,1H3/b13-6+. The number of thioether (sulfide) groups is 1. The molecule has 0 saturated carbocycles. The van der Waals surface area contributed by atoms with Crippen LogP contribution in [-0.2, 0) is 4.79 Å². The van der Waals surface area contributed by atoms with Crippen molar-refractivity contribution in [2.75, 3.05) is 26.0 Å². The van der Waals surface area contributed by atoms with Crippen LogP contribution in [0.15, 0.2) is 59.5 Å². The summed E-state index contributed by atoms with van der Waals surface area (Å²) >= 11 is 1.69. The van der Waals surface area contributed by atoms with E-state index in [2.05, 4.69) is 0 Å². The number of amides is 1. The van der Waals surface area contributed by atoms with E-state index in [1.165, 1.54) is 4.90 Å². The number of benzene rings is 2. The van der Waals surface area contributed by atoms with Gasteiger partial charge in [0.05, 0.1) is 0 Å². The monoisotopic (exact) mass is 381 g/mol. The maximum Gasteiger partial charge on any atom is 0.260 e.